The lowest BCUT2D eigenvalue weighted by molar-refractivity contribution is 0.179. The lowest BCUT2D eigenvalue weighted by Gasteiger charge is -2.10. The van der Waals surface area contributed by atoms with Crippen LogP contribution in [0.15, 0.2) is 6.33 Å². The number of hydrogen-bond donors (Lipinski definition) is 1. The highest BCUT2D eigenvalue weighted by atomic mass is 16.5. The van der Waals surface area contributed by atoms with E-state index < -0.39 is 0 Å². The molecule has 0 aromatic carbocycles. The summed E-state index contributed by atoms with van der Waals surface area (Å²) in [4.78, 5) is 8.01. The van der Waals surface area contributed by atoms with Crippen molar-refractivity contribution in [2.45, 2.75) is 19.4 Å². The maximum atomic E-state index is 5.68. The van der Waals surface area contributed by atoms with Crippen LogP contribution in [0.1, 0.15) is 19.4 Å². The summed E-state index contributed by atoms with van der Waals surface area (Å²) in [6, 6.07) is 0.166. The molecule has 2 aromatic heterocycles. The van der Waals surface area contributed by atoms with E-state index in [0.717, 1.165) is 6.42 Å². The summed E-state index contributed by atoms with van der Waals surface area (Å²) < 4.78 is 6.77. The number of nitrogens with two attached hydrogens (primary N) is 1. The molecular formula is C9H14N6O. The fourth-order valence-electron chi connectivity index (χ4n) is 1.49. The third-order valence-corrected chi connectivity index (χ3v) is 2.45. The highest BCUT2D eigenvalue weighted by Crippen LogP contribution is 2.18. The van der Waals surface area contributed by atoms with Crippen LogP contribution < -0.4 is 5.73 Å². The number of hydrogen-bond acceptors (Lipinski definition) is 6. The molecule has 0 bridgehead atoms. The van der Waals surface area contributed by atoms with E-state index in [0.29, 0.717) is 23.6 Å². The van der Waals surface area contributed by atoms with Crippen molar-refractivity contribution in [2.24, 2.45) is 0 Å². The van der Waals surface area contributed by atoms with Gasteiger partial charge in [0.2, 0.25) is 0 Å². The van der Waals surface area contributed by atoms with Crippen molar-refractivity contribution in [1.82, 2.24) is 25.0 Å². The van der Waals surface area contributed by atoms with Crippen molar-refractivity contribution >= 4 is 17.0 Å². The predicted octanol–water partition coefficient (Wildman–Crippen LogP) is 0.401. The molecule has 0 amide bonds. The van der Waals surface area contributed by atoms with Gasteiger partial charge in [0.15, 0.2) is 17.0 Å². The van der Waals surface area contributed by atoms with Crippen LogP contribution in [0.2, 0.25) is 0 Å². The van der Waals surface area contributed by atoms with E-state index in [-0.39, 0.29) is 6.04 Å². The second kappa shape index (κ2) is 4.40. The Bertz CT molecular complexity index is 482. The molecule has 2 N–H and O–H groups in total. The number of nitrogens with zero attached hydrogens (tertiary/aromatic N) is 5. The summed E-state index contributed by atoms with van der Waals surface area (Å²) >= 11 is 0. The first-order valence-electron chi connectivity index (χ1n) is 5.04. The van der Waals surface area contributed by atoms with E-state index in [1.54, 1.807) is 11.8 Å². The molecule has 0 radical (unpaired) electrons. The molecule has 0 saturated heterocycles. The van der Waals surface area contributed by atoms with Crippen LogP contribution in [0.5, 0.6) is 0 Å². The third kappa shape index (κ3) is 1.81. The average molecular weight is 222 g/mol. The lowest BCUT2D eigenvalue weighted by atomic mass is 10.2. The van der Waals surface area contributed by atoms with Crippen LogP contribution in [0.25, 0.3) is 11.2 Å². The van der Waals surface area contributed by atoms with E-state index in [1.165, 1.54) is 6.33 Å². The number of aromatic nitrogens is 5. The molecule has 0 aliphatic carbocycles. The highest BCUT2D eigenvalue weighted by molar-refractivity contribution is 5.80. The Balaban J connectivity index is 2.34. The number of nitrogen functional groups attached to an aromatic ring is 1. The minimum atomic E-state index is 0.166. The van der Waals surface area contributed by atoms with Gasteiger partial charge in [-0.25, -0.2) is 14.6 Å². The minimum Gasteiger partial charge on any atom is -0.385 e. The van der Waals surface area contributed by atoms with Crippen LogP contribution in [0, 0.1) is 0 Å². The van der Waals surface area contributed by atoms with Gasteiger partial charge in [-0.2, -0.15) is 0 Å². The zero-order chi connectivity index (χ0) is 11.5. The first-order valence-corrected chi connectivity index (χ1v) is 5.04. The Morgan fingerprint density at radius 2 is 2.31 bits per heavy atom. The maximum absolute atomic E-state index is 5.68. The molecule has 7 nitrogen and oxygen atoms in total. The van der Waals surface area contributed by atoms with Gasteiger partial charge in [-0.05, 0) is 13.3 Å². The number of methoxy groups -OCH3 is 1. The summed E-state index contributed by atoms with van der Waals surface area (Å²) in [6.45, 7) is 2.70. The van der Waals surface area contributed by atoms with Crippen molar-refractivity contribution in [3.8, 4) is 0 Å². The molecular weight excluding hydrogens is 208 g/mol. The third-order valence-electron chi connectivity index (χ3n) is 2.45. The summed E-state index contributed by atoms with van der Waals surface area (Å²) in [5, 5.41) is 8.01. The largest absolute Gasteiger partial charge is 0.385 e. The summed E-state index contributed by atoms with van der Waals surface area (Å²) in [5.41, 5.74) is 6.89. The van der Waals surface area contributed by atoms with Crippen molar-refractivity contribution < 1.29 is 4.74 Å². The SMILES string of the molecule is COCCC(C)n1nnc2c(N)ncnc21. The second-order valence-corrected chi connectivity index (χ2v) is 3.60. The normalized spacial score (nSPS) is 13.1. The molecule has 1 unspecified atom stereocenters. The molecule has 7 heteroatoms. The van der Waals surface area contributed by atoms with Crippen molar-refractivity contribution in [3.05, 3.63) is 6.33 Å². The predicted molar refractivity (Wildman–Crippen MR) is 58.7 cm³/mol. The highest BCUT2D eigenvalue weighted by Gasteiger charge is 2.14. The minimum absolute atomic E-state index is 0.166. The molecule has 0 spiro atoms. The van der Waals surface area contributed by atoms with Gasteiger partial charge < -0.3 is 10.5 Å². The van der Waals surface area contributed by atoms with Gasteiger partial charge in [0.1, 0.15) is 6.33 Å². The average Bonchev–Trinajstić information content (AvgIpc) is 2.71. The van der Waals surface area contributed by atoms with Crippen LogP contribution in [-0.2, 0) is 4.74 Å². The number of anilines is 1. The summed E-state index contributed by atoms with van der Waals surface area (Å²) in [7, 11) is 1.67. The molecule has 0 aliphatic rings. The van der Waals surface area contributed by atoms with Crippen LogP contribution >= 0.6 is 0 Å². The zero-order valence-corrected chi connectivity index (χ0v) is 9.29. The van der Waals surface area contributed by atoms with Gasteiger partial charge >= 0.3 is 0 Å². The Morgan fingerprint density at radius 3 is 3.06 bits per heavy atom. The molecule has 1 atom stereocenters. The quantitative estimate of drug-likeness (QED) is 0.805. The Labute approximate surface area is 92.6 Å². The van der Waals surface area contributed by atoms with Crippen molar-refractivity contribution in [1.29, 1.82) is 0 Å². The molecule has 2 heterocycles. The van der Waals surface area contributed by atoms with E-state index in [4.69, 9.17) is 10.5 Å². The molecule has 2 aromatic rings. The summed E-state index contributed by atoms with van der Waals surface area (Å²) in [6.07, 6.45) is 2.26. The monoisotopic (exact) mass is 222 g/mol. The van der Waals surface area contributed by atoms with Gasteiger partial charge in [0, 0.05) is 13.7 Å². The van der Waals surface area contributed by atoms with Gasteiger partial charge in [-0.15, -0.1) is 5.10 Å². The van der Waals surface area contributed by atoms with Crippen molar-refractivity contribution in [2.75, 3.05) is 19.5 Å². The van der Waals surface area contributed by atoms with Gasteiger partial charge in [-0.3, -0.25) is 0 Å². The van der Waals surface area contributed by atoms with Crippen LogP contribution in [-0.4, -0.2) is 38.7 Å². The smallest absolute Gasteiger partial charge is 0.184 e. The fraction of sp³-hybridized carbons (Fsp3) is 0.556. The maximum Gasteiger partial charge on any atom is 0.184 e. The topological polar surface area (TPSA) is 91.7 Å². The summed E-state index contributed by atoms with van der Waals surface area (Å²) in [5.74, 6) is 0.357. The fourth-order valence-corrected chi connectivity index (χ4v) is 1.49. The van der Waals surface area contributed by atoms with Gasteiger partial charge in [0.25, 0.3) is 0 Å². The van der Waals surface area contributed by atoms with Gasteiger partial charge in [0.05, 0.1) is 6.04 Å². The molecule has 0 saturated carbocycles. The number of ether oxygens (including phenoxy) is 1. The Morgan fingerprint density at radius 1 is 1.50 bits per heavy atom. The first kappa shape index (κ1) is 10.7. The van der Waals surface area contributed by atoms with E-state index in [2.05, 4.69) is 20.3 Å². The molecule has 86 valence electrons. The molecule has 0 fully saturated rings. The van der Waals surface area contributed by atoms with Crippen LogP contribution in [0.3, 0.4) is 0 Å². The number of rotatable bonds is 4. The molecule has 2 rings (SSSR count). The standard InChI is InChI=1S/C9H14N6O/c1-6(3-4-16-2)15-9-7(13-14-15)8(10)11-5-12-9/h5-6H,3-4H2,1-2H3,(H2,10,11,12). The van der Waals surface area contributed by atoms with E-state index in [9.17, 15) is 0 Å². The van der Waals surface area contributed by atoms with Gasteiger partial charge in [-0.1, -0.05) is 5.21 Å². The van der Waals surface area contributed by atoms with E-state index >= 15 is 0 Å². The Hall–Kier alpha value is -1.76. The number of fused-ring (bicyclic) bond motifs is 1. The molecule has 0 aliphatic heterocycles. The Kier molecular flexibility index (Phi) is 2.95. The first-order chi connectivity index (χ1) is 7.74. The van der Waals surface area contributed by atoms with Crippen LogP contribution in [0.4, 0.5) is 5.82 Å². The van der Waals surface area contributed by atoms with E-state index in [1.807, 2.05) is 6.92 Å². The lowest BCUT2D eigenvalue weighted by Crippen LogP contribution is -2.10. The van der Waals surface area contributed by atoms with Crippen molar-refractivity contribution in [3.63, 3.8) is 0 Å². The zero-order valence-electron chi connectivity index (χ0n) is 9.29. The second-order valence-electron chi connectivity index (χ2n) is 3.60. The molecule has 16 heavy (non-hydrogen) atoms.